The van der Waals surface area contributed by atoms with E-state index < -0.39 is 0 Å². The third-order valence-corrected chi connectivity index (χ3v) is 5.50. The Labute approximate surface area is 175 Å². The lowest BCUT2D eigenvalue weighted by Gasteiger charge is -2.32. The van der Waals surface area contributed by atoms with Crippen LogP contribution in [0.1, 0.15) is 17.7 Å². The molecule has 0 spiro atoms. The summed E-state index contributed by atoms with van der Waals surface area (Å²) < 4.78 is 0. The first kappa shape index (κ1) is 20.3. The number of aryl methyl sites for hydroxylation is 1. The van der Waals surface area contributed by atoms with Gasteiger partial charge in [0.1, 0.15) is 5.69 Å². The number of hydrogen-bond donors (Lipinski definition) is 2. The highest BCUT2D eigenvalue weighted by molar-refractivity contribution is 5.90. The van der Waals surface area contributed by atoms with Crippen molar-refractivity contribution in [1.29, 1.82) is 0 Å². The fourth-order valence-electron chi connectivity index (χ4n) is 3.65. The summed E-state index contributed by atoms with van der Waals surface area (Å²) in [6.07, 6.45) is 0.505. The van der Waals surface area contributed by atoms with Crippen molar-refractivity contribution in [2.45, 2.75) is 19.4 Å². The van der Waals surface area contributed by atoms with E-state index in [0.717, 1.165) is 43.9 Å². The number of nitrogens with one attached hydrogen (secondary N) is 2. The van der Waals surface area contributed by atoms with Crippen molar-refractivity contribution in [1.82, 2.24) is 19.8 Å². The summed E-state index contributed by atoms with van der Waals surface area (Å²) in [6, 6.07) is 15.4. The maximum absolute atomic E-state index is 12.3. The molecular formula is C23H27N5O2. The zero-order valence-electron chi connectivity index (χ0n) is 17.2. The molecule has 1 fully saturated rings. The van der Waals surface area contributed by atoms with Crippen molar-refractivity contribution in [3.8, 4) is 0 Å². The lowest BCUT2D eigenvalue weighted by atomic mass is 10.1. The summed E-state index contributed by atoms with van der Waals surface area (Å²) in [4.78, 5) is 36.5. The van der Waals surface area contributed by atoms with Gasteiger partial charge in [-0.3, -0.25) is 14.5 Å². The molecule has 1 amide bonds. The molecule has 0 atom stereocenters. The van der Waals surface area contributed by atoms with Crippen LogP contribution in [-0.4, -0.2) is 58.9 Å². The van der Waals surface area contributed by atoms with Crippen molar-refractivity contribution in [3.63, 3.8) is 0 Å². The Morgan fingerprint density at radius 1 is 1.07 bits per heavy atom. The van der Waals surface area contributed by atoms with Crippen molar-refractivity contribution in [2.75, 3.05) is 38.5 Å². The SMILES string of the molecule is CN1CCN(Cc2ccc(NC(=O)CCc3nc4ccccc4[nH]c3=O)cc2)CC1. The maximum atomic E-state index is 12.3. The predicted octanol–water partition coefficient (Wildman–Crippen LogP) is 2.24. The molecule has 0 aliphatic carbocycles. The van der Waals surface area contributed by atoms with Crippen molar-refractivity contribution >= 4 is 22.6 Å². The number of rotatable bonds is 6. The van der Waals surface area contributed by atoms with Crippen LogP contribution < -0.4 is 10.9 Å². The van der Waals surface area contributed by atoms with E-state index in [2.05, 4.69) is 44.3 Å². The van der Waals surface area contributed by atoms with Crippen LogP contribution in [0.15, 0.2) is 53.3 Å². The highest BCUT2D eigenvalue weighted by atomic mass is 16.1. The van der Waals surface area contributed by atoms with Gasteiger partial charge in [-0.25, -0.2) is 4.98 Å². The second-order valence-electron chi connectivity index (χ2n) is 7.85. The van der Waals surface area contributed by atoms with E-state index in [1.807, 2.05) is 36.4 Å². The smallest absolute Gasteiger partial charge is 0.270 e. The van der Waals surface area contributed by atoms with E-state index in [9.17, 15) is 9.59 Å². The summed E-state index contributed by atoms with van der Waals surface area (Å²) in [5.74, 6) is -0.129. The Kier molecular flexibility index (Phi) is 6.21. The normalized spacial score (nSPS) is 15.4. The average Bonchev–Trinajstić information content (AvgIpc) is 2.75. The fourth-order valence-corrected chi connectivity index (χ4v) is 3.65. The molecule has 7 nitrogen and oxygen atoms in total. The maximum Gasteiger partial charge on any atom is 0.270 e. The summed E-state index contributed by atoms with van der Waals surface area (Å²) in [5.41, 5.74) is 3.57. The van der Waals surface area contributed by atoms with E-state index in [0.29, 0.717) is 17.6 Å². The topological polar surface area (TPSA) is 81.3 Å². The Balaban J connectivity index is 1.30. The van der Waals surface area contributed by atoms with Gasteiger partial charge in [0.2, 0.25) is 5.91 Å². The third-order valence-electron chi connectivity index (χ3n) is 5.50. The van der Waals surface area contributed by atoms with E-state index in [1.165, 1.54) is 5.56 Å². The van der Waals surface area contributed by atoms with Crippen LogP contribution in [0.4, 0.5) is 5.69 Å². The molecule has 0 saturated carbocycles. The number of nitrogens with zero attached hydrogens (tertiary/aromatic N) is 3. The number of likely N-dealkylation sites (N-methyl/N-ethyl adjacent to an activating group) is 1. The molecule has 1 aliphatic rings. The number of fused-ring (bicyclic) bond motifs is 1. The van der Waals surface area contributed by atoms with Crippen LogP contribution in [0.2, 0.25) is 0 Å². The van der Waals surface area contributed by atoms with Crippen LogP contribution in [0.3, 0.4) is 0 Å². The summed E-state index contributed by atoms with van der Waals surface area (Å²) in [7, 11) is 2.15. The van der Waals surface area contributed by atoms with Crippen LogP contribution >= 0.6 is 0 Å². The van der Waals surface area contributed by atoms with E-state index in [4.69, 9.17) is 0 Å². The first-order valence-electron chi connectivity index (χ1n) is 10.3. The van der Waals surface area contributed by atoms with Crippen LogP contribution in [0.5, 0.6) is 0 Å². The number of aromatic amines is 1. The zero-order chi connectivity index (χ0) is 20.9. The lowest BCUT2D eigenvalue weighted by molar-refractivity contribution is -0.116. The summed E-state index contributed by atoms with van der Waals surface area (Å²) in [6.45, 7) is 5.29. The Bertz CT molecular complexity index is 1070. The number of benzene rings is 2. The standard InChI is InChI=1S/C23H27N5O2/c1-27-12-14-28(15-13-27)16-17-6-8-18(9-7-17)24-22(29)11-10-21-23(30)26-20-5-3-2-4-19(20)25-21/h2-9H,10-16H2,1H3,(H,24,29)(H,26,30). The molecule has 2 N–H and O–H groups in total. The van der Waals surface area contributed by atoms with Gasteiger partial charge in [-0.2, -0.15) is 0 Å². The first-order chi connectivity index (χ1) is 14.6. The average molecular weight is 406 g/mol. The first-order valence-corrected chi connectivity index (χ1v) is 10.3. The number of amides is 1. The molecule has 3 aromatic rings. The van der Waals surface area contributed by atoms with E-state index in [-0.39, 0.29) is 17.9 Å². The van der Waals surface area contributed by atoms with Crippen molar-refractivity contribution in [2.24, 2.45) is 0 Å². The molecule has 156 valence electrons. The minimum Gasteiger partial charge on any atom is -0.326 e. The monoisotopic (exact) mass is 405 g/mol. The lowest BCUT2D eigenvalue weighted by Crippen LogP contribution is -2.43. The second-order valence-corrected chi connectivity index (χ2v) is 7.85. The molecule has 1 aliphatic heterocycles. The van der Waals surface area contributed by atoms with Gasteiger partial charge in [-0.15, -0.1) is 0 Å². The van der Waals surface area contributed by atoms with Gasteiger partial charge in [-0.1, -0.05) is 24.3 Å². The molecule has 1 aromatic heterocycles. The Morgan fingerprint density at radius 2 is 1.80 bits per heavy atom. The molecule has 2 aromatic carbocycles. The Morgan fingerprint density at radius 3 is 2.57 bits per heavy atom. The van der Waals surface area contributed by atoms with Gasteiger partial charge < -0.3 is 15.2 Å². The number of piperazine rings is 1. The van der Waals surface area contributed by atoms with Gasteiger partial charge in [0.15, 0.2) is 0 Å². The summed E-state index contributed by atoms with van der Waals surface area (Å²) >= 11 is 0. The zero-order valence-corrected chi connectivity index (χ0v) is 17.2. The second kappa shape index (κ2) is 9.19. The fraction of sp³-hybridized carbons (Fsp3) is 0.348. The van der Waals surface area contributed by atoms with E-state index in [1.54, 1.807) is 0 Å². The molecular weight excluding hydrogens is 378 g/mol. The number of carbonyl (C=O) groups is 1. The highest BCUT2D eigenvalue weighted by Gasteiger charge is 2.14. The van der Waals surface area contributed by atoms with Crippen molar-refractivity contribution < 1.29 is 4.79 Å². The van der Waals surface area contributed by atoms with Crippen LogP contribution in [0.25, 0.3) is 11.0 Å². The number of H-pyrrole nitrogens is 1. The highest BCUT2D eigenvalue weighted by Crippen LogP contribution is 2.13. The van der Waals surface area contributed by atoms with Crippen LogP contribution in [0, 0.1) is 0 Å². The third kappa shape index (κ3) is 5.11. The largest absolute Gasteiger partial charge is 0.326 e. The molecule has 4 rings (SSSR count). The van der Waals surface area contributed by atoms with Gasteiger partial charge in [-0.05, 0) is 36.9 Å². The van der Waals surface area contributed by atoms with Gasteiger partial charge in [0.25, 0.3) is 5.56 Å². The van der Waals surface area contributed by atoms with Crippen molar-refractivity contribution in [3.05, 3.63) is 70.1 Å². The van der Waals surface area contributed by atoms with Crippen LogP contribution in [-0.2, 0) is 17.8 Å². The number of carbonyl (C=O) groups excluding carboxylic acids is 1. The minimum absolute atomic E-state index is 0.129. The molecule has 30 heavy (non-hydrogen) atoms. The Hall–Kier alpha value is -3.03. The number of hydrogen-bond acceptors (Lipinski definition) is 5. The molecule has 7 heteroatoms. The predicted molar refractivity (Wildman–Crippen MR) is 119 cm³/mol. The van der Waals surface area contributed by atoms with Gasteiger partial charge >= 0.3 is 0 Å². The molecule has 2 heterocycles. The number of aromatic nitrogens is 2. The van der Waals surface area contributed by atoms with E-state index >= 15 is 0 Å². The quantitative estimate of drug-likeness (QED) is 0.657. The molecule has 1 saturated heterocycles. The summed E-state index contributed by atoms with van der Waals surface area (Å²) in [5, 5.41) is 2.91. The number of para-hydroxylation sites is 2. The minimum atomic E-state index is -0.241. The molecule has 0 bridgehead atoms. The molecule has 0 radical (unpaired) electrons. The molecule has 0 unspecified atom stereocenters. The number of anilines is 1. The van der Waals surface area contributed by atoms with Gasteiger partial charge in [0, 0.05) is 51.3 Å². The van der Waals surface area contributed by atoms with Gasteiger partial charge in [0.05, 0.1) is 11.0 Å².